The van der Waals surface area contributed by atoms with Crippen molar-refractivity contribution < 1.29 is 5.11 Å². The molecule has 1 heterocycles. The smallest absolute Gasteiger partial charge is 0.0945 e. The average Bonchev–Trinajstić information content (AvgIpc) is 2.67. The summed E-state index contributed by atoms with van der Waals surface area (Å²) < 4.78 is 0. The van der Waals surface area contributed by atoms with Crippen molar-refractivity contribution in [1.29, 1.82) is 0 Å². The predicted molar refractivity (Wildman–Crippen MR) is 101 cm³/mol. The Hall–Kier alpha value is -2.42. The van der Waals surface area contributed by atoms with Crippen molar-refractivity contribution in [1.82, 2.24) is 4.90 Å². The lowest BCUT2D eigenvalue weighted by molar-refractivity contribution is -0.0343. The molecule has 1 fully saturated rings. The molecule has 0 saturated carbocycles. The summed E-state index contributed by atoms with van der Waals surface area (Å²) in [5.74, 6) is 0. The fourth-order valence-electron chi connectivity index (χ4n) is 3.81. The fraction of sp³-hybridized carbons (Fsp3) is 0.217. The van der Waals surface area contributed by atoms with E-state index in [1.54, 1.807) is 0 Å². The summed E-state index contributed by atoms with van der Waals surface area (Å²) in [5.41, 5.74) is 3.55. The molecule has 0 radical (unpaired) electrons. The molecule has 2 heteroatoms. The summed E-state index contributed by atoms with van der Waals surface area (Å²) in [4.78, 5) is 2.43. The number of hydrogen-bond acceptors (Lipinski definition) is 2. The highest BCUT2D eigenvalue weighted by Gasteiger charge is 2.39. The van der Waals surface area contributed by atoms with Gasteiger partial charge in [-0.05, 0) is 23.1 Å². The number of rotatable bonds is 5. The molecule has 0 spiro atoms. The molecule has 1 aliphatic rings. The Morgan fingerprint density at radius 1 is 0.680 bits per heavy atom. The zero-order valence-corrected chi connectivity index (χ0v) is 14.2. The van der Waals surface area contributed by atoms with Gasteiger partial charge in [0, 0.05) is 12.6 Å². The van der Waals surface area contributed by atoms with E-state index in [9.17, 15) is 5.11 Å². The normalized spacial score (nSPS) is 18.7. The van der Waals surface area contributed by atoms with Gasteiger partial charge in [-0.25, -0.2) is 0 Å². The van der Waals surface area contributed by atoms with Crippen molar-refractivity contribution in [3.63, 3.8) is 0 Å². The summed E-state index contributed by atoms with van der Waals surface area (Å²) >= 11 is 0. The lowest BCUT2D eigenvalue weighted by atomic mass is 9.86. The molecule has 2 unspecified atom stereocenters. The first-order valence-corrected chi connectivity index (χ1v) is 8.93. The molecule has 0 aromatic heterocycles. The van der Waals surface area contributed by atoms with Gasteiger partial charge in [0.25, 0.3) is 0 Å². The summed E-state index contributed by atoms with van der Waals surface area (Å²) in [5, 5.41) is 10.9. The zero-order chi connectivity index (χ0) is 17.1. The second-order valence-electron chi connectivity index (χ2n) is 6.67. The second kappa shape index (κ2) is 7.22. The number of hydrogen-bond donors (Lipinski definition) is 1. The van der Waals surface area contributed by atoms with Crippen molar-refractivity contribution in [3.8, 4) is 0 Å². The maximum Gasteiger partial charge on any atom is 0.0945 e. The lowest BCUT2D eigenvalue weighted by Crippen LogP contribution is -2.52. The van der Waals surface area contributed by atoms with Crippen molar-refractivity contribution in [3.05, 3.63) is 108 Å². The fourth-order valence-corrected chi connectivity index (χ4v) is 3.81. The topological polar surface area (TPSA) is 23.5 Å². The molecule has 1 N–H and O–H groups in total. The molecular formula is C23H23NO. The van der Waals surface area contributed by atoms with Crippen LogP contribution in [0.5, 0.6) is 0 Å². The first-order chi connectivity index (χ1) is 12.3. The molecule has 1 aliphatic heterocycles. The minimum absolute atomic E-state index is 0.146. The Morgan fingerprint density at radius 2 is 1.12 bits per heavy atom. The van der Waals surface area contributed by atoms with Crippen LogP contribution < -0.4 is 0 Å². The van der Waals surface area contributed by atoms with Crippen LogP contribution in [0.25, 0.3) is 0 Å². The van der Waals surface area contributed by atoms with E-state index in [-0.39, 0.29) is 12.1 Å². The maximum atomic E-state index is 10.9. The molecule has 25 heavy (non-hydrogen) atoms. The van der Waals surface area contributed by atoms with Gasteiger partial charge in [-0.3, -0.25) is 4.90 Å². The second-order valence-corrected chi connectivity index (χ2v) is 6.67. The molecule has 0 bridgehead atoms. The molecule has 126 valence electrons. The summed E-state index contributed by atoms with van der Waals surface area (Å²) in [6.45, 7) is 1.00. The number of likely N-dealkylation sites (tertiary alicyclic amines) is 1. The van der Waals surface area contributed by atoms with E-state index in [0.717, 1.165) is 18.5 Å². The molecule has 0 amide bonds. The van der Waals surface area contributed by atoms with Gasteiger partial charge in [0.15, 0.2) is 0 Å². The van der Waals surface area contributed by atoms with Crippen LogP contribution in [0, 0.1) is 0 Å². The molecule has 1 saturated heterocycles. The van der Waals surface area contributed by atoms with E-state index in [1.165, 1.54) is 11.1 Å². The van der Waals surface area contributed by atoms with Crippen LogP contribution >= 0.6 is 0 Å². The number of aliphatic hydroxyl groups is 1. The lowest BCUT2D eigenvalue weighted by Gasteiger charge is -2.48. The highest BCUT2D eigenvalue weighted by molar-refractivity contribution is 5.33. The van der Waals surface area contributed by atoms with Crippen LogP contribution in [0.3, 0.4) is 0 Å². The highest BCUT2D eigenvalue weighted by Crippen LogP contribution is 2.40. The summed E-state index contributed by atoms with van der Waals surface area (Å²) in [6, 6.07) is 31.5. The van der Waals surface area contributed by atoms with E-state index in [2.05, 4.69) is 65.6 Å². The highest BCUT2D eigenvalue weighted by atomic mass is 16.3. The van der Waals surface area contributed by atoms with Gasteiger partial charge in [-0.1, -0.05) is 91.0 Å². The zero-order valence-electron chi connectivity index (χ0n) is 14.2. The third-order valence-electron chi connectivity index (χ3n) is 5.18. The van der Waals surface area contributed by atoms with Gasteiger partial charge in [0.05, 0.1) is 12.1 Å². The molecule has 0 aliphatic carbocycles. The van der Waals surface area contributed by atoms with E-state index in [4.69, 9.17) is 0 Å². The quantitative estimate of drug-likeness (QED) is 0.740. The summed E-state index contributed by atoms with van der Waals surface area (Å²) in [6.07, 6.45) is 0.566. The van der Waals surface area contributed by atoms with Crippen LogP contribution in [-0.2, 0) is 0 Å². The standard InChI is InChI=1S/C23H23NO/c25-23(20-14-8-3-9-15-20)21-16-17-24(21)22(18-10-4-1-5-11-18)19-12-6-2-7-13-19/h1-15,21-23,25H,16-17H2. The Balaban J connectivity index is 1.66. The van der Waals surface area contributed by atoms with Crippen LogP contribution in [0.4, 0.5) is 0 Å². The van der Waals surface area contributed by atoms with Crippen LogP contribution in [0.15, 0.2) is 91.0 Å². The van der Waals surface area contributed by atoms with Crippen molar-refractivity contribution in [2.75, 3.05) is 6.54 Å². The minimum atomic E-state index is -0.454. The van der Waals surface area contributed by atoms with Gasteiger partial charge in [-0.15, -0.1) is 0 Å². The van der Waals surface area contributed by atoms with Crippen molar-refractivity contribution in [2.24, 2.45) is 0 Å². The van der Waals surface area contributed by atoms with Crippen LogP contribution in [0.1, 0.15) is 35.3 Å². The van der Waals surface area contributed by atoms with Crippen molar-refractivity contribution >= 4 is 0 Å². The number of nitrogens with zero attached hydrogens (tertiary/aromatic N) is 1. The first kappa shape index (κ1) is 16.1. The Bertz CT molecular complexity index is 749. The van der Waals surface area contributed by atoms with Gasteiger partial charge >= 0.3 is 0 Å². The maximum absolute atomic E-state index is 10.9. The van der Waals surface area contributed by atoms with Gasteiger partial charge in [0.1, 0.15) is 0 Å². The third-order valence-corrected chi connectivity index (χ3v) is 5.18. The predicted octanol–water partition coefficient (Wildman–Crippen LogP) is 4.58. The largest absolute Gasteiger partial charge is 0.387 e. The van der Waals surface area contributed by atoms with E-state index < -0.39 is 6.10 Å². The Labute approximate surface area is 149 Å². The van der Waals surface area contributed by atoms with Crippen LogP contribution in [-0.4, -0.2) is 22.6 Å². The van der Waals surface area contributed by atoms with E-state index >= 15 is 0 Å². The average molecular weight is 329 g/mol. The van der Waals surface area contributed by atoms with Gasteiger partial charge < -0.3 is 5.11 Å². The van der Waals surface area contributed by atoms with E-state index in [0.29, 0.717) is 0 Å². The molecule has 3 aromatic rings. The summed E-state index contributed by atoms with van der Waals surface area (Å²) in [7, 11) is 0. The Kier molecular flexibility index (Phi) is 4.64. The Morgan fingerprint density at radius 3 is 1.52 bits per heavy atom. The molecule has 2 nitrogen and oxygen atoms in total. The number of aliphatic hydroxyl groups excluding tert-OH is 1. The van der Waals surface area contributed by atoms with Gasteiger partial charge in [-0.2, -0.15) is 0 Å². The SMILES string of the molecule is OC(c1ccccc1)C1CCN1C(c1ccccc1)c1ccccc1. The molecular weight excluding hydrogens is 306 g/mol. The molecule has 3 aromatic carbocycles. The number of benzene rings is 3. The minimum Gasteiger partial charge on any atom is -0.387 e. The molecule has 4 rings (SSSR count). The third kappa shape index (κ3) is 3.23. The first-order valence-electron chi connectivity index (χ1n) is 8.93. The van der Waals surface area contributed by atoms with Gasteiger partial charge in [0.2, 0.25) is 0 Å². The van der Waals surface area contributed by atoms with Crippen molar-refractivity contribution in [2.45, 2.75) is 24.6 Å². The monoisotopic (exact) mass is 329 g/mol. The molecule has 2 atom stereocenters. The van der Waals surface area contributed by atoms with Crippen LogP contribution in [0.2, 0.25) is 0 Å². The van der Waals surface area contributed by atoms with E-state index in [1.807, 2.05) is 30.3 Å².